The molecule has 0 amide bonds. The largest absolute Gasteiger partial charge is 0.399 e. The Bertz CT molecular complexity index is 283. The van der Waals surface area contributed by atoms with Gasteiger partial charge in [0.15, 0.2) is 0 Å². The maximum absolute atomic E-state index is 2.73. The summed E-state index contributed by atoms with van der Waals surface area (Å²) in [4.78, 5) is 0. The highest BCUT2D eigenvalue weighted by molar-refractivity contribution is 6.88. The molecule has 1 fully saturated rings. The molecule has 1 heterocycles. The first-order chi connectivity index (χ1) is 6.79. The maximum atomic E-state index is 2.73. The lowest BCUT2D eigenvalue weighted by Gasteiger charge is -2.41. The van der Waals surface area contributed by atoms with Crippen molar-refractivity contribution < 1.29 is 0 Å². The molecular formula is C11H19NSi2. The fraction of sp³-hybridized carbons (Fsp3) is 0.455. The Balaban J connectivity index is 2.18. The Morgan fingerprint density at radius 3 is 2.29 bits per heavy atom. The molecule has 1 aliphatic heterocycles. The summed E-state index contributed by atoms with van der Waals surface area (Å²) >= 11 is 0. The van der Waals surface area contributed by atoms with Gasteiger partial charge in [-0.15, -0.1) is 0 Å². The summed E-state index contributed by atoms with van der Waals surface area (Å²) < 4.78 is 2.73. The number of benzene rings is 1. The second-order valence-corrected chi connectivity index (χ2v) is 11.6. The second kappa shape index (κ2) is 4.32. The zero-order valence-corrected chi connectivity index (χ0v) is 11.7. The fourth-order valence-corrected chi connectivity index (χ4v) is 8.95. The van der Waals surface area contributed by atoms with Gasteiger partial charge in [-0.05, 0) is 26.0 Å². The van der Waals surface area contributed by atoms with E-state index in [-0.39, 0.29) is 0 Å². The monoisotopic (exact) mass is 221 g/mol. The third-order valence-electron chi connectivity index (χ3n) is 3.08. The Labute approximate surface area is 90.6 Å². The van der Waals surface area contributed by atoms with Crippen LogP contribution in [0.4, 0.5) is 5.69 Å². The van der Waals surface area contributed by atoms with E-state index < -0.39 is 8.96 Å². The molecule has 0 atom stereocenters. The average Bonchev–Trinajstić information content (AvgIpc) is 2.12. The Morgan fingerprint density at radius 2 is 1.86 bits per heavy atom. The predicted molar refractivity (Wildman–Crippen MR) is 69.4 cm³/mol. The first kappa shape index (κ1) is 9.99. The van der Waals surface area contributed by atoms with Crippen molar-refractivity contribution in [3.63, 3.8) is 0 Å². The van der Waals surface area contributed by atoms with E-state index in [4.69, 9.17) is 0 Å². The van der Waals surface area contributed by atoms with Crippen molar-refractivity contribution in [3.05, 3.63) is 30.3 Å². The van der Waals surface area contributed by atoms with Crippen LogP contribution in [0.3, 0.4) is 0 Å². The Morgan fingerprint density at radius 1 is 1.21 bits per heavy atom. The Kier molecular flexibility index (Phi) is 3.08. The van der Waals surface area contributed by atoms with E-state index in [1.165, 1.54) is 5.69 Å². The van der Waals surface area contributed by atoms with Crippen molar-refractivity contribution in [2.75, 3.05) is 4.57 Å². The third kappa shape index (κ3) is 1.93. The van der Waals surface area contributed by atoms with Gasteiger partial charge in [0.25, 0.3) is 0 Å². The van der Waals surface area contributed by atoms with E-state index in [1.54, 1.807) is 11.3 Å². The first-order valence-electron chi connectivity index (χ1n) is 5.62. The Hall–Kier alpha value is -0.546. The lowest BCUT2D eigenvalue weighted by molar-refractivity contribution is 0.812. The van der Waals surface area contributed by atoms with E-state index >= 15 is 0 Å². The van der Waals surface area contributed by atoms with E-state index in [2.05, 4.69) is 48.7 Å². The molecule has 0 spiro atoms. The molecule has 76 valence electrons. The molecule has 0 aliphatic carbocycles. The summed E-state index contributed by atoms with van der Waals surface area (Å²) in [5.74, 6) is 0. The molecule has 0 aromatic heterocycles. The number of rotatable bonds is 3. The highest BCUT2D eigenvalue weighted by atomic mass is 28.4. The van der Waals surface area contributed by atoms with Crippen molar-refractivity contribution in [2.24, 2.45) is 0 Å². The van der Waals surface area contributed by atoms with Crippen molar-refractivity contribution >= 4 is 24.2 Å². The van der Waals surface area contributed by atoms with Crippen LogP contribution in [0.2, 0.25) is 11.3 Å². The van der Waals surface area contributed by atoms with Gasteiger partial charge in [0.2, 0.25) is 0 Å². The molecule has 1 nitrogen and oxygen atoms in total. The van der Waals surface area contributed by atoms with Gasteiger partial charge in [-0.3, -0.25) is 0 Å². The molecular weight excluding hydrogens is 202 g/mol. The predicted octanol–water partition coefficient (Wildman–Crippen LogP) is 1.72. The molecule has 14 heavy (non-hydrogen) atoms. The van der Waals surface area contributed by atoms with E-state index in [0.29, 0.717) is 15.6 Å². The van der Waals surface area contributed by atoms with Gasteiger partial charge < -0.3 is 4.57 Å². The van der Waals surface area contributed by atoms with Gasteiger partial charge in [0.05, 0.1) is 0 Å². The first-order valence-corrected chi connectivity index (χ1v) is 9.77. The maximum Gasteiger partial charge on any atom is 0.134 e. The quantitative estimate of drug-likeness (QED) is 0.703. The highest BCUT2D eigenvalue weighted by Crippen LogP contribution is 2.25. The van der Waals surface area contributed by atoms with Gasteiger partial charge in [-0.1, -0.05) is 29.5 Å². The molecule has 0 saturated carbocycles. The van der Waals surface area contributed by atoms with E-state index in [0.717, 1.165) is 0 Å². The van der Waals surface area contributed by atoms with Crippen LogP contribution < -0.4 is 4.57 Å². The molecule has 0 unspecified atom stereocenters. The number of hydrogen-bond donors (Lipinski definition) is 0. The van der Waals surface area contributed by atoms with Crippen molar-refractivity contribution in [1.29, 1.82) is 0 Å². The summed E-state index contributed by atoms with van der Waals surface area (Å²) in [6.45, 7) is 4.67. The zero-order chi connectivity index (χ0) is 9.97. The molecule has 1 aliphatic rings. The molecule has 2 rings (SSSR count). The number of anilines is 1. The summed E-state index contributed by atoms with van der Waals surface area (Å²) in [6, 6.07) is 11.7. The van der Waals surface area contributed by atoms with Gasteiger partial charge in [0, 0.05) is 21.2 Å². The van der Waals surface area contributed by atoms with E-state index in [9.17, 15) is 0 Å². The van der Waals surface area contributed by atoms with E-state index in [1.807, 2.05) is 0 Å². The minimum atomic E-state index is -0.505. The van der Waals surface area contributed by atoms with Crippen LogP contribution in [0.25, 0.3) is 0 Å². The normalized spacial score (nSPS) is 22.4. The van der Waals surface area contributed by atoms with Crippen LogP contribution in [0, 0.1) is 0 Å². The fourth-order valence-electron chi connectivity index (χ4n) is 2.20. The second-order valence-electron chi connectivity index (χ2n) is 4.42. The number of nitrogens with zero attached hydrogens (tertiary/aromatic N) is 1. The summed E-state index contributed by atoms with van der Waals surface area (Å²) in [6.07, 6.45) is 0. The van der Waals surface area contributed by atoms with Gasteiger partial charge in [-0.25, -0.2) is 0 Å². The van der Waals surface area contributed by atoms with Crippen molar-refractivity contribution in [2.45, 2.75) is 31.2 Å². The molecule has 1 saturated heterocycles. The van der Waals surface area contributed by atoms with Crippen LogP contribution >= 0.6 is 0 Å². The van der Waals surface area contributed by atoms with Crippen molar-refractivity contribution in [1.82, 2.24) is 0 Å². The van der Waals surface area contributed by atoms with Gasteiger partial charge >= 0.3 is 0 Å². The van der Waals surface area contributed by atoms with Gasteiger partial charge in [0.1, 0.15) is 8.96 Å². The van der Waals surface area contributed by atoms with Crippen LogP contribution in [0.15, 0.2) is 30.3 Å². The number of para-hydroxylation sites is 1. The van der Waals surface area contributed by atoms with Crippen LogP contribution in [-0.2, 0) is 0 Å². The lowest BCUT2D eigenvalue weighted by Crippen LogP contribution is -2.51. The zero-order valence-electron chi connectivity index (χ0n) is 9.11. The average molecular weight is 221 g/mol. The highest BCUT2D eigenvalue weighted by Gasteiger charge is 2.28. The smallest absolute Gasteiger partial charge is 0.134 e. The molecule has 3 heteroatoms. The number of hydrogen-bond acceptors (Lipinski definition) is 1. The molecule has 0 N–H and O–H groups in total. The summed E-state index contributed by atoms with van der Waals surface area (Å²) in [5.41, 5.74) is 4.76. The SMILES string of the molecule is CC(C)N(c1ccccc1)[SiH]1C[SiH2]C1. The summed E-state index contributed by atoms with van der Waals surface area (Å²) in [5, 5.41) is 0. The standard InChI is InChI=1S/C11H19NSi2/c1-10(2)12(14-8-13-9-14)11-6-4-3-5-7-11/h3-7,10,14H,8-9,13H2,1-2H3. The minimum absolute atomic E-state index is 0.398. The van der Waals surface area contributed by atoms with Crippen LogP contribution in [0.1, 0.15) is 13.8 Å². The topological polar surface area (TPSA) is 3.24 Å². The minimum Gasteiger partial charge on any atom is -0.399 e. The molecule has 1 aromatic rings. The molecule has 0 bridgehead atoms. The summed E-state index contributed by atoms with van der Waals surface area (Å²) in [7, 11) is -0.107. The van der Waals surface area contributed by atoms with Gasteiger partial charge in [-0.2, -0.15) is 0 Å². The third-order valence-corrected chi connectivity index (χ3v) is 13.4. The molecule has 0 radical (unpaired) electrons. The van der Waals surface area contributed by atoms with Crippen LogP contribution in [0.5, 0.6) is 0 Å². The lowest BCUT2D eigenvalue weighted by atomic mass is 10.3. The van der Waals surface area contributed by atoms with Crippen LogP contribution in [-0.4, -0.2) is 24.5 Å². The van der Waals surface area contributed by atoms with Crippen molar-refractivity contribution in [3.8, 4) is 0 Å². The molecule has 1 aromatic carbocycles.